The van der Waals surface area contributed by atoms with E-state index in [2.05, 4.69) is 0 Å². The van der Waals surface area contributed by atoms with Gasteiger partial charge in [0, 0.05) is 19.5 Å². The molecule has 1 unspecified atom stereocenters. The minimum Gasteiger partial charge on any atom is -0.493 e. The number of methoxy groups -OCH3 is 2. The van der Waals surface area contributed by atoms with Crippen LogP contribution >= 0.6 is 0 Å². The normalized spacial score (nSPS) is 16.8. The van der Waals surface area contributed by atoms with Crippen molar-refractivity contribution in [1.82, 2.24) is 4.90 Å². The Balaban J connectivity index is 1.83. The molecule has 1 aliphatic heterocycles. The van der Waals surface area contributed by atoms with E-state index in [1.807, 2.05) is 30.0 Å². The van der Waals surface area contributed by atoms with Crippen molar-refractivity contribution in [1.29, 1.82) is 0 Å². The summed E-state index contributed by atoms with van der Waals surface area (Å²) in [5.74, 6) is 1.92. The van der Waals surface area contributed by atoms with Gasteiger partial charge < -0.3 is 19.5 Å². The van der Waals surface area contributed by atoms with Crippen LogP contribution in [0.5, 0.6) is 11.5 Å². The molecule has 1 fully saturated rings. The predicted molar refractivity (Wildman–Crippen MR) is 93.5 cm³/mol. The number of likely N-dealkylation sites (tertiary alicyclic amines) is 1. The zero-order chi connectivity index (χ0) is 17.5. The second kappa shape index (κ2) is 8.92. The van der Waals surface area contributed by atoms with Crippen molar-refractivity contribution < 1.29 is 19.4 Å². The Morgan fingerprint density at radius 1 is 1.25 bits per heavy atom. The zero-order valence-electron chi connectivity index (χ0n) is 15.0. The van der Waals surface area contributed by atoms with E-state index in [4.69, 9.17) is 9.47 Å². The van der Waals surface area contributed by atoms with Crippen LogP contribution in [0, 0.1) is 5.92 Å². The number of benzene rings is 1. The third-order valence-corrected chi connectivity index (χ3v) is 4.93. The standard InChI is InChI=1S/C19H29NO4/c1-4-16(21)15-9-11-20(12-10-15)19(22)8-6-14-5-7-17(23-2)18(13-14)24-3/h5,7,13,15-16,21H,4,6,8-12H2,1-3H3. The number of carbonyl (C=O) groups is 1. The number of ether oxygens (including phenoxy) is 2. The van der Waals surface area contributed by atoms with Crippen LogP contribution in [0.2, 0.25) is 0 Å². The third kappa shape index (κ3) is 4.63. The van der Waals surface area contributed by atoms with Gasteiger partial charge in [-0.2, -0.15) is 0 Å². The molecule has 134 valence electrons. The van der Waals surface area contributed by atoms with Crippen LogP contribution < -0.4 is 9.47 Å². The van der Waals surface area contributed by atoms with Gasteiger partial charge in [0.05, 0.1) is 20.3 Å². The van der Waals surface area contributed by atoms with E-state index in [1.54, 1.807) is 14.2 Å². The molecule has 0 saturated carbocycles. The third-order valence-electron chi connectivity index (χ3n) is 4.93. The molecule has 5 nitrogen and oxygen atoms in total. The first kappa shape index (κ1) is 18.6. The first-order chi connectivity index (χ1) is 11.6. The Morgan fingerprint density at radius 3 is 2.50 bits per heavy atom. The van der Waals surface area contributed by atoms with Crippen LogP contribution in [-0.2, 0) is 11.2 Å². The summed E-state index contributed by atoms with van der Waals surface area (Å²) in [6.07, 6.45) is 3.55. The maximum Gasteiger partial charge on any atom is 0.222 e. The Hall–Kier alpha value is -1.75. The molecule has 1 amide bonds. The summed E-state index contributed by atoms with van der Waals surface area (Å²) >= 11 is 0. The fourth-order valence-electron chi connectivity index (χ4n) is 3.31. The van der Waals surface area contributed by atoms with E-state index in [9.17, 15) is 9.90 Å². The first-order valence-corrected chi connectivity index (χ1v) is 8.75. The first-order valence-electron chi connectivity index (χ1n) is 8.75. The quantitative estimate of drug-likeness (QED) is 0.832. The number of carbonyl (C=O) groups excluding carboxylic acids is 1. The molecule has 5 heteroatoms. The van der Waals surface area contributed by atoms with Gasteiger partial charge in [-0.25, -0.2) is 0 Å². The molecule has 0 aliphatic carbocycles. The van der Waals surface area contributed by atoms with E-state index in [0.29, 0.717) is 30.3 Å². The number of piperidine rings is 1. The molecule has 0 bridgehead atoms. The number of hydrogen-bond donors (Lipinski definition) is 1. The minimum atomic E-state index is -0.228. The molecule has 1 heterocycles. The fourth-order valence-corrected chi connectivity index (χ4v) is 3.31. The molecule has 1 aromatic carbocycles. The van der Waals surface area contributed by atoms with Gasteiger partial charge in [0.1, 0.15) is 0 Å². The monoisotopic (exact) mass is 335 g/mol. The number of amides is 1. The maximum absolute atomic E-state index is 12.4. The summed E-state index contributed by atoms with van der Waals surface area (Å²) < 4.78 is 10.5. The second-order valence-corrected chi connectivity index (χ2v) is 6.38. The van der Waals surface area contributed by atoms with Crippen molar-refractivity contribution >= 4 is 5.91 Å². The summed E-state index contributed by atoms with van der Waals surface area (Å²) in [5.41, 5.74) is 1.07. The van der Waals surface area contributed by atoms with Crippen LogP contribution in [0.4, 0.5) is 0 Å². The van der Waals surface area contributed by atoms with Crippen molar-refractivity contribution in [3.63, 3.8) is 0 Å². The molecular formula is C19H29NO4. The van der Waals surface area contributed by atoms with E-state index in [0.717, 1.165) is 37.9 Å². The van der Waals surface area contributed by atoms with Gasteiger partial charge >= 0.3 is 0 Å². The highest BCUT2D eigenvalue weighted by atomic mass is 16.5. The Kier molecular flexibility index (Phi) is 6.91. The zero-order valence-corrected chi connectivity index (χ0v) is 15.0. The molecule has 1 saturated heterocycles. The van der Waals surface area contributed by atoms with Crippen molar-refractivity contribution in [3.8, 4) is 11.5 Å². The molecule has 24 heavy (non-hydrogen) atoms. The van der Waals surface area contributed by atoms with Gasteiger partial charge in [-0.1, -0.05) is 13.0 Å². The number of hydrogen-bond acceptors (Lipinski definition) is 4. The summed E-state index contributed by atoms with van der Waals surface area (Å²) in [7, 11) is 3.22. The summed E-state index contributed by atoms with van der Waals surface area (Å²) in [6.45, 7) is 3.52. The largest absolute Gasteiger partial charge is 0.493 e. The van der Waals surface area contributed by atoms with Gasteiger partial charge in [-0.05, 0) is 49.3 Å². The van der Waals surface area contributed by atoms with E-state index >= 15 is 0 Å². The number of rotatable bonds is 7. The smallest absolute Gasteiger partial charge is 0.222 e. The maximum atomic E-state index is 12.4. The van der Waals surface area contributed by atoms with Crippen molar-refractivity contribution in [2.24, 2.45) is 5.92 Å². The van der Waals surface area contributed by atoms with Crippen molar-refractivity contribution in [3.05, 3.63) is 23.8 Å². The van der Waals surface area contributed by atoms with Crippen LogP contribution in [0.1, 0.15) is 38.2 Å². The molecule has 0 aromatic heterocycles. The van der Waals surface area contributed by atoms with E-state index in [-0.39, 0.29) is 12.0 Å². The molecule has 1 atom stereocenters. The average molecular weight is 335 g/mol. The fraction of sp³-hybridized carbons (Fsp3) is 0.632. The summed E-state index contributed by atoms with van der Waals surface area (Å²) in [5, 5.41) is 9.93. The van der Waals surface area contributed by atoms with Gasteiger partial charge in [-0.15, -0.1) is 0 Å². The highest BCUT2D eigenvalue weighted by Gasteiger charge is 2.26. The van der Waals surface area contributed by atoms with Gasteiger partial charge in [0.15, 0.2) is 11.5 Å². The number of nitrogens with zero attached hydrogens (tertiary/aromatic N) is 1. The van der Waals surface area contributed by atoms with Gasteiger partial charge in [0.2, 0.25) is 5.91 Å². The molecule has 0 radical (unpaired) electrons. The van der Waals surface area contributed by atoms with E-state index < -0.39 is 0 Å². The van der Waals surface area contributed by atoms with Gasteiger partial charge in [0.25, 0.3) is 0 Å². The molecule has 1 aliphatic rings. The SMILES string of the molecule is CCC(O)C1CCN(C(=O)CCc2ccc(OC)c(OC)c2)CC1. The van der Waals surface area contributed by atoms with Crippen LogP contribution in [0.3, 0.4) is 0 Å². The number of aliphatic hydroxyl groups excluding tert-OH is 1. The number of aliphatic hydroxyl groups is 1. The minimum absolute atomic E-state index is 0.189. The lowest BCUT2D eigenvalue weighted by Crippen LogP contribution is -2.41. The van der Waals surface area contributed by atoms with Gasteiger partial charge in [-0.3, -0.25) is 4.79 Å². The molecular weight excluding hydrogens is 306 g/mol. The topological polar surface area (TPSA) is 59.0 Å². The predicted octanol–water partition coefficient (Wildman–Crippen LogP) is 2.65. The lowest BCUT2D eigenvalue weighted by atomic mass is 9.90. The highest BCUT2D eigenvalue weighted by Crippen LogP contribution is 2.28. The Labute approximate surface area is 144 Å². The molecule has 1 N–H and O–H groups in total. The summed E-state index contributed by atoms with van der Waals surface area (Å²) in [4.78, 5) is 14.3. The lowest BCUT2D eigenvalue weighted by molar-refractivity contribution is -0.133. The molecule has 2 rings (SSSR count). The molecule has 1 aromatic rings. The summed E-state index contributed by atoms with van der Waals surface area (Å²) in [6, 6.07) is 5.77. The van der Waals surface area contributed by atoms with E-state index in [1.165, 1.54) is 0 Å². The van der Waals surface area contributed by atoms with Crippen molar-refractivity contribution in [2.75, 3.05) is 27.3 Å². The second-order valence-electron chi connectivity index (χ2n) is 6.38. The Morgan fingerprint density at radius 2 is 1.92 bits per heavy atom. The lowest BCUT2D eigenvalue weighted by Gasteiger charge is -2.34. The average Bonchev–Trinajstić information content (AvgIpc) is 2.65. The molecule has 0 spiro atoms. The van der Waals surface area contributed by atoms with Crippen LogP contribution in [0.25, 0.3) is 0 Å². The van der Waals surface area contributed by atoms with Crippen molar-refractivity contribution in [2.45, 2.75) is 45.1 Å². The Bertz CT molecular complexity index is 538. The van der Waals surface area contributed by atoms with Crippen LogP contribution in [0.15, 0.2) is 18.2 Å². The van der Waals surface area contributed by atoms with Crippen LogP contribution in [-0.4, -0.2) is 49.3 Å². The number of aryl methyl sites for hydroxylation is 1. The highest BCUT2D eigenvalue weighted by molar-refractivity contribution is 5.76.